The van der Waals surface area contributed by atoms with Crippen LogP contribution in [0.25, 0.3) is 0 Å². The molecule has 0 saturated heterocycles. The lowest BCUT2D eigenvalue weighted by atomic mass is 10.2. The highest BCUT2D eigenvalue weighted by Gasteiger charge is 2.22. The van der Waals surface area contributed by atoms with E-state index in [0.29, 0.717) is 17.7 Å². The lowest BCUT2D eigenvalue weighted by Crippen LogP contribution is -2.30. The lowest BCUT2D eigenvalue weighted by molar-refractivity contribution is 0.103. The topological polar surface area (TPSA) is 18.5 Å². The van der Waals surface area contributed by atoms with Crippen molar-refractivity contribution in [1.82, 2.24) is 0 Å². The molecule has 0 spiro atoms. The third-order valence-corrected chi connectivity index (χ3v) is 2.53. The molecule has 0 saturated carbocycles. The van der Waals surface area contributed by atoms with Crippen LogP contribution < -0.4 is 9.47 Å². The summed E-state index contributed by atoms with van der Waals surface area (Å²) < 4.78 is 23.8. The zero-order chi connectivity index (χ0) is 9.26. The standard InChI is InChI=1S/C9H8BrFO2/c10-4-6-5-12-9-7(11)2-1-3-8(9)13-6/h1-3,6H,4-5H2/t6-/m0/s1. The second kappa shape index (κ2) is 3.54. The molecule has 0 aromatic heterocycles. The second-order valence-electron chi connectivity index (χ2n) is 2.77. The van der Waals surface area contributed by atoms with Crippen LogP contribution in [0.1, 0.15) is 0 Å². The first-order valence-electron chi connectivity index (χ1n) is 3.95. The molecule has 1 aliphatic heterocycles. The van der Waals surface area contributed by atoms with Crippen molar-refractivity contribution in [3.05, 3.63) is 24.0 Å². The number of para-hydroxylation sites is 1. The van der Waals surface area contributed by atoms with Gasteiger partial charge in [0.15, 0.2) is 17.3 Å². The first-order valence-corrected chi connectivity index (χ1v) is 5.07. The van der Waals surface area contributed by atoms with E-state index >= 15 is 0 Å². The Labute approximate surface area is 83.8 Å². The summed E-state index contributed by atoms with van der Waals surface area (Å²) in [6.45, 7) is 0.388. The van der Waals surface area contributed by atoms with Crippen molar-refractivity contribution in [2.75, 3.05) is 11.9 Å². The Kier molecular flexibility index (Phi) is 2.40. The quantitative estimate of drug-likeness (QED) is 0.709. The first kappa shape index (κ1) is 8.81. The van der Waals surface area contributed by atoms with Crippen molar-refractivity contribution >= 4 is 15.9 Å². The molecule has 0 radical (unpaired) electrons. The Morgan fingerprint density at radius 1 is 1.54 bits per heavy atom. The maximum atomic E-state index is 13.1. The summed E-state index contributed by atoms with van der Waals surface area (Å²) in [5.74, 6) is 0.334. The van der Waals surface area contributed by atoms with Gasteiger partial charge >= 0.3 is 0 Å². The van der Waals surface area contributed by atoms with Crippen LogP contribution in [0.4, 0.5) is 4.39 Å². The molecule has 1 aliphatic rings. The average Bonchev–Trinajstić information content (AvgIpc) is 2.18. The summed E-state index contributed by atoms with van der Waals surface area (Å²) in [7, 11) is 0. The van der Waals surface area contributed by atoms with Crippen LogP contribution in [0, 0.1) is 5.82 Å². The predicted molar refractivity (Wildman–Crippen MR) is 50.1 cm³/mol. The van der Waals surface area contributed by atoms with Gasteiger partial charge in [0.05, 0.1) is 0 Å². The van der Waals surface area contributed by atoms with Crippen molar-refractivity contribution in [2.45, 2.75) is 6.10 Å². The van der Waals surface area contributed by atoms with E-state index in [2.05, 4.69) is 15.9 Å². The maximum absolute atomic E-state index is 13.1. The van der Waals surface area contributed by atoms with Gasteiger partial charge in [-0.2, -0.15) is 0 Å². The SMILES string of the molecule is Fc1cccc2c1OC[C@H](CBr)O2. The number of fused-ring (bicyclic) bond motifs is 1. The molecule has 2 rings (SSSR count). The van der Waals surface area contributed by atoms with Crippen LogP contribution in [0.5, 0.6) is 11.5 Å². The number of halogens is 2. The highest BCUT2D eigenvalue weighted by Crippen LogP contribution is 2.34. The van der Waals surface area contributed by atoms with E-state index in [0.717, 1.165) is 0 Å². The smallest absolute Gasteiger partial charge is 0.197 e. The second-order valence-corrected chi connectivity index (χ2v) is 3.42. The number of hydrogen-bond acceptors (Lipinski definition) is 2. The molecule has 13 heavy (non-hydrogen) atoms. The van der Waals surface area contributed by atoms with Crippen molar-refractivity contribution in [3.8, 4) is 11.5 Å². The minimum absolute atomic E-state index is 0.0331. The molecule has 2 nitrogen and oxygen atoms in total. The molecular weight excluding hydrogens is 239 g/mol. The van der Waals surface area contributed by atoms with Gasteiger partial charge in [-0.15, -0.1) is 0 Å². The Hall–Kier alpha value is -0.770. The van der Waals surface area contributed by atoms with Gasteiger partial charge in [0.1, 0.15) is 12.7 Å². The van der Waals surface area contributed by atoms with Gasteiger partial charge in [0.25, 0.3) is 0 Å². The molecule has 1 atom stereocenters. The Bertz CT molecular complexity index is 316. The van der Waals surface area contributed by atoms with Gasteiger partial charge in [0.2, 0.25) is 0 Å². The Balaban J connectivity index is 2.31. The molecule has 0 fully saturated rings. The average molecular weight is 247 g/mol. The monoisotopic (exact) mass is 246 g/mol. The van der Waals surface area contributed by atoms with Gasteiger partial charge in [-0.1, -0.05) is 22.0 Å². The molecule has 0 amide bonds. The summed E-state index contributed by atoms with van der Waals surface area (Å²) in [4.78, 5) is 0. The van der Waals surface area contributed by atoms with Crippen LogP contribution in [-0.2, 0) is 0 Å². The molecule has 0 aliphatic carbocycles. The molecule has 70 valence electrons. The number of benzene rings is 1. The molecule has 1 heterocycles. The van der Waals surface area contributed by atoms with E-state index in [1.54, 1.807) is 12.1 Å². The highest BCUT2D eigenvalue weighted by atomic mass is 79.9. The van der Waals surface area contributed by atoms with Crippen LogP contribution >= 0.6 is 15.9 Å². The Morgan fingerprint density at radius 2 is 2.38 bits per heavy atom. The number of alkyl halides is 1. The molecule has 0 unspecified atom stereocenters. The van der Waals surface area contributed by atoms with E-state index in [4.69, 9.17) is 9.47 Å². The van der Waals surface area contributed by atoms with Crippen molar-refractivity contribution < 1.29 is 13.9 Å². The third kappa shape index (κ3) is 1.63. The van der Waals surface area contributed by atoms with E-state index < -0.39 is 0 Å². The zero-order valence-corrected chi connectivity index (χ0v) is 8.38. The lowest BCUT2D eigenvalue weighted by Gasteiger charge is -2.25. The van der Waals surface area contributed by atoms with E-state index in [9.17, 15) is 4.39 Å². The summed E-state index contributed by atoms with van der Waals surface area (Å²) >= 11 is 3.28. The minimum atomic E-state index is -0.370. The largest absolute Gasteiger partial charge is 0.483 e. The van der Waals surface area contributed by atoms with Crippen molar-refractivity contribution in [2.24, 2.45) is 0 Å². The summed E-state index contributed by atoms with van der Waals surface area (Å²) in [5, 5.41) is 0.683. The van der Waals surface area contributed by atoms with Gasteiger partial charge in [-0.05, 0) is 12.1 Å². The van der Waals surface area contributed by atoms with Gasteiger partial charge < -0.3 is 9.47 Å². The fourth-order valence-corrected chi connectivity index (χ4v) is 1.51. The fourth-order valence-electron chi connectivity index (χ4n) is 1.19. The van der Waals surface area contributed by atoms with E-state index in [1.165, 1.54) is 6.07 Å². The molecule has 1 aromatic carbocycles. The maximum Gasteiger partial charge on any atom is 0.197 e. The van der Waals surface area contributed by atoms with Crippen LogP contribution in [0.2, 0.25) is 0 Å². The van der Waals surface area contributed by atoms with Crippen LogP contribution in [-0.4, -0.2) is 18.0 Å². The number of hydrogen-bond donors (Lipinski definition) is 0. The van der Waals surface area contributed by atoms with Gasteiger partial charge in [0, 0.05) is 5.33 Å². The van der Waals surface area contributed by atoms with Crippen molar-refractivity contribution in [1.29, 1.82) is 0 Å². The molecule has 0 bridgehead atoms. The number of ether oxygens (including phenoxy) is 2. The summed E-state index contributed by atoms with van der Waals surface area (Å²) in [5.41, 5.74) is 0. The normalized spacial score (nSPS) is 20.0. The fraction of sp³-hybridized carbons (Fsp3) is 0.333. The molecule has 1 aromatic rings. The minimum Gasteiger partial charge on any atom is -0.483 e. The number of rotatable bonds is 1. The molecular formula is C9H8BrFO2. The summed E-state index contributed by atoms with van der Waals surface area (Å²) in [6.07, 6.45) is -0.0331. The van der Waals surface area contributed by atoms with Crippen LogP contribution in [0.15, 0.2) is 18.2 Å². The molecule has 4 heteroatoms. The molecule has 0 N–H and O–H groups in total. The Morgan fingerprint density at radius 3 is 3.15 bits per heavy atom. The van der Waals surface area contributed by atoms with Crippen LogP contribution in [0.3, 0.4) is 0 Å². The third-order valence-electron chi connectivity index (χ3n) is 1.81. The van der Waals surface area contributed by atoms with E-state index in [1.807, 2.05) is 0 Å². The van der Waals surface area contributed by atoms with Gasteiger partial charge in [-0.25, -0.2) is 4.39 Å². The highest BCUT2D eigenvalue weighted by molar-refractivity contribution is 9.09. The van der Waals surface area contributed by atoms with Gasteiger partial charge in [-0.3, -0.25) is 0 Å². The first-order chi connectivity index (χ1) is 6.31. The van der Waals surface area contributed by atoms with E-state index in [-0.39, 0.29) is 17.7 Å². The summed E-state index contributed by atoms with van der Waals surface area (Å²) in [6, 6.07) is 4.66. The van der Waals surface area contributed by atoms with Crippen molar-refractivity contribution in [3.63, 3.8) is 0 Å². The zero-order valence-electron chi connectivity index (χ0n) is 6.80. The predicted octanol–water partition coefficient (Wildman–Crippen LogP) is 2.36.